The second-order valence-electron chi connectivity index (χ2n) is 10.3. The number of halogens is 1. The van der Waals surface area contributed by atoms with Gasteiger partial charge in [0, 0.05) is 42.2 Å². The van der Waals surface area contributed by atoms with Gasteiger partial charge in [-0.2, -0.15) is 4.02 Å². The molecule has 7 nitrogen and oxygen atoms in total. The van der Waals surface area contributed by atoms with E-state index >= 15 is 0 Å². The third-order valence-electron chi connectivity index (χ3n) is 5.80. The predicted molar refractivity (Wildman–Crippen MR) is 135 cm³/mol. The normalized spacial score (nSPS) is 12.8. The van der Waals surface area contributed by atoms with E-state index in [2.05, 4.69) is 20.2 Å². The molecule has 1 amide bonds. The zero-order chi connectivity index (χ0) is 25.1. The second-order valence-corrected chi connectivity index (χ2v) is 10.7. The number of aromatic nitrogens is 2. The molecular formula is C25H37BrN4O3. The minimum Gasteiger partial charge on any atom is -0.507 e. The van der Waals surface area contributed by atoms with E-state index in [4.69, 9.17) is 0 Å². The third kappa shape index (κ3) is 6.16. The Balaban J connectivity index is 2.43. The van der Waals surface area contributed by atoms with Crippen LogP contribution in [-0.4, -0.2) is 43.9 Å². The number of rotatable bonds is 7. The molecule has 0 bridgehead atoms. The first-order valence-electron chi connectivity index (χ1n) is 11.3. The highest BCUT2D eigenvalue weighted by atomic mass is 79.9. The van der Waals surface area contributed by atoms with Crippen LogP contribution in [0, 0.1) is 0 Å². The summed E-state index contributed by atoms with van der Waals surface area (Å²) in [5.74, 6) is 0.146. The van der Waals surface area contributed by atoms with Crippen molar-refractivity contribution in [1.29, 1.82) is 0 Å². The van der Waals surface area contributed by atoms with Gasteiger partial charge < -0.3 is 19.1 Å². The monoisotopic (exact) mass is 520 g/mol. The molecule has 1 heterocycles. The number of imidazole rings is 1. The van der Waals surface area contributed by atoms with E-state index < -0.39 is 0 Å². The number of carbonyl (C=O) groups is 2. The van der Waals surface area contributed by atoms with Crippen molar-refractivity contribution < 1.29 is 14.7 Å². The summed E-state index contributed by atoms with van der Waals surface area (Å²) < 4.78 is 7.58. The molecule has 1 aromatic heterocycles. The molecule has 0 aliphatic heterocycles. The summed E-state index contributed by atoms with van der Waals surface area (Å²) in [4.78, 5) is 27.6. The number of hydrogen-bond donors (Lipinski definition) is 1. The standard InChI is InChI=1S/C25H37BrN4O3/c1-9-28(10-2)21(32)16-30-12-11-29(23(30)27-26)15-20(31)17-13-18(24(3,4)5)22(33)19(14-17)25(6,7)8/h11-14,33H,9-10,15-16H2,1-8H3. The number of Topliss-reactive ketones (excluding diaryl/α,β-unsaturated/α-hetero) is 1. The Morgan fingerprint density at radius 3 is 1.79 bits per heavy atom. The maximum atomic E-state index is 13.3. The lowest BCUT2D eigenvalue weighted by atomic mass is 9.78. The van der Waals surface area contributed by atoms with E-state index in [0.717, 1.165) is 11.1 Å². The quantitative estimate of drug-likeness (QED) is 0.543. The summed E-state index contributed by atoms with van der Waals surface area (Å²) in [7, 11) is 0. The van der Waals surface area contributed by atoms with Gasteiger partial charge in [0.2, 0.25) is 11.5 Å². The molecule has 0 aliphatic carbocycles. The third-order valence-corrected chi connectivity index (χ3v) is 6.12. The number of phenols is 1. The first-order valence-corrected chi connectivity index (χ1v) is 12.0. The van der Waals surface area contributed by atoms with E-state index in [-0.39, 0.29) is 41.4 Å². The molecule has 1 aromatic carbocycles. The van der Waals surface area contributed by atoms with Gasteiger partial charge in [0.05, 0.1) is 22.7 Å². The van der Waals surface area contributed by atoms with Crippen LogP contribution in [0.3, 0.4) is 0 Å². The Labute approximate surface area is 205 Å². The van der Waals surface area contributed by atoms with Gasteiger partial charge in [-0.1, -0.05) is 41.5 Å². The number of nitrogens with zero attached hydrogens (tertiary/aromatic N) is 4. The van der Waals surface area contributed by atoms with Gasteiger partial charge in [-0.15, -0.1) is 0 Å². The highest BCUT2D eigenvalue weighted by Crippen LogP contribution is 2.39. The van der Waals surface area contributed by atoms with Gasteiger partial charge in [0.1, 0.15) is 12.3 Å². The molecule has 2 rings (SSSR count). The number of ketones is 1. The highest BCUT2D eigenvalue weighted by Gasteiger charge is 2.28. The lowest BCUT2D eigenvalue weighted by molar-refractivity contribution is -0.131. The molecule has 1 N–H and O–H groups in total. The van der Waals surface area contributed by atoms with E-state index in [1.807, 2.05) is 55.4 Å². The first-order chi connectivity index (χ1) is 15.2. The van der Waals surface area contributed by atoms with Crippen LogP contribution >= 0.6 is 16.1 Å². The lowest BCUT2D eigenvalue weighted by Crippen LogP contribution is -2.37. The SMILES string of the molecule is CCN(CC)C(=O)Cn1ccn(CC(=O)c2cc(C(C)(C)C)c(O)c(C(C)(C)C)c2)c1=NBr. The van der Waals surface area contributed by atoms with Crippen LogP contribution in [0.25, 0.3) is 0 Å². The molecular weight excluding hydrogens is 484 g/mol. The Kier molecular flexibility index (Phi) is 8.38. The Hall–Kier alpha value is -2.35. The van der Waals surface area contributed by atoms with E-state index in [9.17, 15) is 14.7 Å². The van der Waals surface area contributed by atoms with E-state index in [1.165, 1.54) is 0 Å². The van der Waals surface area contributed by atoms with Crippen LogP contribution in [0.1, 0.15) is 76.9 Å². The number of benzene rings is 1. The summed E-state index contributed by atoms with van der Waals surface area (Å²) >= 11 is 3.14. The van der Waals surface area contributed by atoms with Crippen LogP contribution in [0.4, 0.5) is 0 Å². The maximum Gasteiger partial charge on any atom is 0.242 e. The lowest BCUT2D eigenvalue weighted by Gasteiger charge is -2.28. The molecule has 0 aliphatic rings. The molecule has 182 valence electrons. The summed E-state index contributed by atoms with van der Waals surface area (Å²) in [5.41, 5.74) is 1.88. The van der Waals surface area contributed by atoms with Gasteiger partial charge in [0.25, 0.3) is 0 Å². The Morgan fingerprint density at radius 2 is 1.39 bits per heavy atom. The fourth-order valence-electron chi connectivity index (χ4n) is 3.81. The van der Waals surface area contributed by atoms with E-state index in [0.29, 0.717) is 24.3 Å². The zero-order valence-electron chi connectivity index (χ0n) is 21.1. The Morgan fingerprint density at radius 1 is 0.939 bits per heavy atom. The number of likely N-dealkylation sites (N-methyl/N-ethyl adjacent to an activating group) is 1. The zero-order valence-corrected chi connectivity index (χ0v) is 22.7. The van der Waals surface area contributed by atoms with Crippen molar-refractivity contribution in [3.63, 3.8) is 0 Å². The fraction of sp³-hybridized carbons (Fsp3) is 0.560. The summed E-state index contributed by atoms with van der Waals surface area (Å²) in [6.45, 7) is 17.5. The molecule has 0 unspecified atom stereocenters. The first kappa shape index (κ1) is 26.9. The van der Waals surface area contributed by atoms with Gasteiger partial charge in [-0.3, -0.25) is 9.59 Å². The van der Waals surface area contributed by atoms with E-state index in [1.54, 1.807) is 38.6 Å². The number of phenolic OH excluding ortho intramolecular Hbond substituents is 1. The fourth-order valence-corrected chi connectivity index (χ4v) is 4.22. The predicted octanol–water partition coefficient (Wildman–Crippen LogP) is 4.55. The van der Waals surface area contributed by atoms with Crippen molar-refractivity contribution in [1.82, 2.24) is 14.0 Å². The van der Waals surface area contributed by atoms with Crippen LogP contribution < -0.4 is 5.62 Å². The molecule has 0 fully saturated rings. The van der Waals surface area contributed by atoms with Crippen molar-refractivity contribution in [2.45, 2.75) is 79.3 Å². The van der Waals surface area contributed by atoms with Crippen LogP contribution in [0.5, 0.6) is 5.75 Å². The van der Waals surface area contributed by atoms with Gasteiger partial charge in [-0.25, -0.2) is 0 Å². The minimum atomic E-state index is -0.321. The molecule has 0 spiro atoms. The number of carbonyl (C=O) groups excluding carboxylic acids is 2. The average Bonchev–Trinajstić information content (AvgIpc) is 3.08. The number of amides is 1. The van der Waals surface area contributed by atoms with Crippen molar-refractivity contribution in [3.8, 4) is 5.75 Å². The molecule has 0 saturated carbocycles. The largest absolute Gasteiger partial charge is 0.507 e. The van der Waals surface area contributed by atoms with Gasteiger partial charge in [0.15, 0.2) is 5.78 Å². The second kappa shape index (κ2) is 10.3. The van der Waals surface area contributed by atoms with Gasteiger partial charge >= 0.3 is 0 Å². The maximum absolute atomic E-state index is 13.3. The molecule has 0 atom stereocenters. The van der Waals surface area contributed by atoms with Crippen molar-refractivity contribution in [2.24, 2.45) is 4.02 Å². The molecule has 2 aromatic rings. The van der Waals surface area contributed by atoms with Crippen LogP contribution in [-0.2, 0) is 28.7 Å². The molecule has 0 radical (unpaired) electrons. The number of aromatic hydroxyl groups is 1. The molecule has 8 heteroatoms. The van der Waals surface area contributed by atoms with Gasteiger partial charge in [-0.05, 0) is 36.8 Å². The van der Waals surface area contributed by atoms with Crippen molar-refractivity contribution in [3.05, 3.63) is 46.8 Å². The van der Waals surface area contributed by atoms with Crippen molar-refractivity contribution in [2.75, 3.05) is 13.1 Å². The van der Waals surface area contributed by atoms with Crippen molar-refractivity contribution >= 4 is 27.8 Å². The highest BCUT2D eigenvalue weighted by molar-refractivity contribution is 9.08. The van der Waals surface area contributed by atoms with Crippen LogP contribution in [0.15, 0.2) is 28.5 Å². The summed E-state index contributed by atoms with van der Waals surface area (Å²) in [6, 6.07) is 3.58. The summed E-state index contributed by atoms with van der Waals surface area (Å²) in [6.07, 6.45) is 3.51. The Bertz CT molecular complexity index is 1050. The van der Waals surface area contributed by atoms with Crippen LogP contribution in [0.2, 0.25) is 0 Å². The minimum absolute atomic E-state index is 0.00495. The smallest absolute Gasteiger partial charge is 0.242 e. The summed E-state index contributed by atoms with van der Waals surface area (Å²) in [5, 5.41) is 10.9. The molecule has 0 saturated heterocycles. The average molecular weight is 522 g/mol. The topological polar surface area (TPSA) is 79.8 Å². The molecule has 33 heavy (non-hydrogen) atoms. The number of hydrogen-bond acceptors (Lipinski definition) is 4.